The summed E-state index contributed by atoms with van der Waals surface area (Å²) in [5.74, 6) is 0.700. The maximum Gasteiger partial charge on any atom is 0.338 e. The van der Waals surface area contributed by atoms with Crippen molar-refractivity contribution in [1.29, 1.82) is 0 Å². The molecule has 2 aromatic heterocycles. The van der Waals surface area contributed by atoms with Crippen molar-refractivity contribution in [2.75, 3.05) is 20.3 Å². The molecular weight excluding hydrogens is 496 g/mol. The SMILES string of the molecule is C=CCOc1ccc(C2C(C(=O)OCC(C)C)=C(C)N=c3sc(=Cc4cccs4)c(=O)n32)cc1OC. The Morgan fingerprint density at radius 3 is 2.75 bits per heavy atom. The van der Waals surface area contributed by atoms with E-state index < -0.39 is 12.0 Å². The number of carbonyl (C=O) groups excluding carboxylic acids is 1. The van der Waals surface area contributed by atoms with Gasteiger partial charge < -0.3 is 14.2 Å². The Morgan fingerprint density at radius 2 is 2.08 bits per heavy atom. The van der Waals surface area contributed by atoms with E-state index >= 15 is 0 Å². The minimum absolute atomic E-state index is 0.168. The van der Waals surface area contributed by atoms with Gasteiger partial charge in [0.15, 0.2) is 16.3 Å². The molecular formula is C27H28N2O5S2. The number of thiophene rings is 1. The molecule has 7 nitrogen and oxygen atoms in total. The molecule has 1 aliphatic heterocycles. The zero-order chi connectivity index (χ0) is 25.8. The van der Waals surface area contributed by atoms with Crippen molar-refractivity contribution in [3.63, 3.8) is 0 Å². The van der Waals surface area contributed by atoms with Crippen molar-refractivity contribution in [2.24, 2.45) is 10.9 Å². The lowest BCUT2D eigenvalue weighted by Gasteiger charge is -2.25. The maximum atomic E-state index is 13.7. The van der Waals surface area contributed by atoms with Crippen LogP contribution in [0.25, 0.3) is 6.08 Å². The van der Waals surface area contributed by atoms with Gasteiger partial charge in [0.2, 0.25) is 0 Å². The van der Waals surface area contributed by atoms with Crippen molar-refractivity contribution < 1.29 is 19.0 Å². The highest BCUT2D eigenvalue weighted by Crippen LogP contribution is 2.36. The van der Waals surface area contributed by atoms with Crippen LogP contribution >= 0.6 is 22.7 Å². The molecule has 36 heavy (non-hydrogen) atoms. The van der Waals surface area contributed by atoms with Crippen LogP contribution in [-0.2, 0) is 9.53 Å². The van der Waals surface area contributed by atoms with E-state index in [1.807, 2.05) is 43.5 Å². The molecule has 0 amide bonds. The molecule has 0 saturated heterocycles. The van der Waals surface area contributed by atoms with Crippen molar-refractivity contribution >= 4 is 34.7 Å². The van der Waals surface area contributed by atoms with Gasteiger partial charge in [-0.2, -0.15) is 0 Å². The number of rotatable bonds is 9. The lowest BCUT2D eigenvalue weighted by atomic mass is 9.95. The minimum atomic E-state index is -0.728. The van der Waals surface area contributed by atoms with E-state index in [9.17, 15) is 9.59 Å². The second-order valence-electron chi connectivity index (χ2n) is 8.60. The topological polar surface area (TPSA) is 79.1 Å². The monoisotopic (exact) mass is 524 g/mol. The van der Waals surface area contributed by atoms with Gasteiger partial charge in [0, 0.05) is 4.88 Å². The quantitative estimate of drug-likeness (QED) is 0.312. The summed E-state index contributed by atoms with van der Waals surface area (Å²) < 4.78 is 19.0. The molecule has 1 unspecified atom stereocenters. The number of aromatic nitrogens is 1. The molecule has 1 aliphatic rings. The van der Waals surface area contributed by atoms with E-state index in [1.54, 1.807) is 48.1 Å². The van der Waals surface area contributed by atoms with E-state index in [2.05, 4.69) is 11.6 Å². The number of hydrogen-bond donors (Lipinski definition) is 0. The van der Waals surface area contributed by atoms with E-state index in [-0.39, 0.29) is 18.1 Å². The molecule has 188 valence electrons. The van der Waals surface area contributed by atoms with Crippen molar-refractivity contribution in [3.8, 4) is 11.5 Å². The van der Waals surface area contributed by atoms with Crippen LogP contribution in [0.15, 0.2) is 69.4 Å². The first-order valence-electron chi connectivity index (χ1n) is 11.5. The zero-order valence-electron chi connectivity index (χ0n) is 20.6. The van der Waals surface area contributed by atoms with Gasteiger partial charge in [0.1, 0.15) is 6.61 Å². The van der Waals surface area contributed by atoms with Gasteiger partial charge >= 0.3 is 5.97 Å². The van der Waals surface area contributed by atoms with Crippen LogP contribution in [0.2, 0.25) is 0 Å². The Hall–Kier alpha value is -3.43. The second kappa shape index (κ2) is 11.1. The molecule has 0 N–H and O–H groups in total. The fraction of sp³-hybridized carbons (Fsp3) is 0.296. The predicted molar refractivity (Wildman–Crippen MR) is 143 cm³/mol. The van der Waals surface area contributed by atoms with E-state index in [4.69, 9.17) is 14.2 Å². The van der Waals surface area contributed by atoms with Crippen LogP contribution < -0.4 is 24.4 Å². The number of fused-ring (bicyclic) bond motifs is 1. The predicted octanol–water partition coefficient (Wildman–Crippen LogP) is 4.07. The molecule has 0 bridgehead atoms. The van der Waals surface area contributed by atoms with Crippen LogP contribution in [0, 0.1) is 5.92 Å². The maximum absolute atomic E-state index is 13.7. The number of carbonyl (C=O) groups is 1. The fourth-order valence-electron chi connectivity index (χ4n) is 3.84. The van der Waals surface area contributed by atoms with Gasteiger partial charge in [0.05, 0.1) is 35.6 Å². The smallest absolute Gasteiger partial charge is 0.338 e. The molecule has 0 saturated carbocycles. The molecule has 1 aromatic carbocycles. The summed E-state index contributed by atoms with van der Waals surface area (Å²) in [6.07, 6.45) is 3.50. The molecule has 0 aliphatic carbocycles. The average molecular weight is 525 g/mol. The highest BCUT2D eigenvalue weighted by Gasteiger charge is 2.34. The number of benzene rings is 1. The van der Waals surface area contributed by atoms with Crippen LogP contribution in [0.5, 0.6) is 11.5 Å². The molecule has 0 radical (unpaired) electrons. The Balaban J connectivity index is 1.90. The van der Waals surface area contributed by atoms with Crippen molar-refractivity contribution in [2.45, 2.75) is 26.8 Å². The third-order valence-electron chi connectivity index (χ3n) is 5.47. The first kappa shape index (κ1) is 25.7. The molecule has 1 atom stereocenters. The summed E-state index contributed by atoms with van der Waals surface area (Å²) in [6.45, 7) is 9.98. The first-order valence-corrected chi connectivity index (χ1v) is 13.2. The van der Waals surface area contributed by atoms with Crippen molar-refractivity contribution in [1.82, 2.24) is 4.57 Å². The Kier molecular flexibility index (Phi) is 7.91. The summed E-state index contributed by atoms with van der Waals surface area (Å²) in [7, 11) is 1.55. The first-order chi connectivity index (χ1) is 17.3. The number of ether oxygens (including phenoxy) is 3. The largest absolute Gasteiger partial charge is 0.493 e. The Bertz CT molecular complexity index is 1480. The van der Waals surface area contributed by atoms with Gasteiger partial charge in [-0.1, -0.05) is 50.0 Å². The van der Waals surface area contributed by atoms with Gasteiger partial charge in [-0.3, -0.25) is 9.36 Å². The van der Waals surface area contributed by atoms with Gasteiger partial charge in [0.25, 0.3) is 5.56 Å². The number of nitrogens with zero attached hydrogens (tertiary/aromatic N) is 2. The number of hydrogen-bond acceptors (Lipinski definition) is 8. The van der Waals surface area contributed by atoms with E-state index in [1.165, 1.54) is 11.3 Å². The standard InChI is InChI=1S/C27H28N2O5S2/c1-6-11-33-20-10-9-18(13-21(20)32-5)24-23(26(31)34-15-16(2)3)17(4)28-27-29(24)25(30)22(36-27)14-19-8-7-12-35-19/h6-10,12-14,16,24H,1,11,15H2,2-5H3. The molecule has 9 heteroatoms. The van der Waals surface area contributed by atoms with E-state index in [0.717, 1.165) is 4.88 Å². The van der Waals surface area contributed by atoms with Crippen LogP contribution in [-0.4, -0.2) is 30.9 Å². The summed E-state index contributed by atoms with van der Waals surface area (Å²) in [5.41, 5.74) is 1.31. The van der Waals surface area contributed by atoms with E-state index in [0.29, 0.717) is 44.3 Å². The minimum Gasteiger partial charge on any atom is -0.493 e. The molecule has 3 aromatic rings. The van der Waals surface area contributed by atoms with Gasteiger partial charge in [-0.25, -0.2) is 9.79 Å². The van der Waals surface area contributed by atoms with Crippen LogP contribution in [0.3, 0.4) is 0 Å². The number of thiazole rings is 1. The second-order valence-corrected chi connectivity index (χ2v) is 10.6. The van der Waals surface area contributed by atoms with Gasteiger partial charge in [-0.05, 0) is 48.1 Å². The van der Waals surface area contributed by atoms with Crippen molar-refractivity contribution in [3.05, 3.63) is 89.8 Å². The zero-order valence-corrected chi connectivity index (χ0v) is 22.3. The number of methoxy groups -OCH3 is 1. The molecule has 0 spiro atoms. The number of allylic oxidation sites excluding steroid dienone is 1. The van der Waals surface area contributed by atoms with Crippen LogP contribution in [0.4, 0.5) is 0 Å². The summed E-state index contributed by atoms with van der Waals surface area (Å²) in [5, 5.41) is 1.96. The van der Waals surface area contributed by atoms with Crippen LogP contribution in [0.1, 0.15) is 37.3 Å². The summed E-state index contributed by atoms with van der Waals surface area (Å²) >= 11 is 2.85. The number of esters is 1. The Labute approximate surface area is 217 Å². The normalized spacial score (nSPS) is 15.5. The average Bonchev–Trinajstić information content (AvgIpc) is 3.48. The third-order valence-corrected chi connectivity index (χ3v) is 7.27. The molecule has 3 heterocycles. The molecule has 4 rings (SSSR count). The highest BCUT2D eigenvalue weighted by molar-refractivity contribution is 7.11. The third kappa shape index (κ3) is 5.22. The summed E-state index contributed by atoms with van der Waals surface area (Å²) in [4.78, 5) is 33.1. The fourth-order valence-corrected chi connectivity index (χ4v) is 5.61. The Morgan fingerprint density at radius 1 is 1.28 bits per heavy atom. The summed E-state index contributed by atoms with van der Waals surface area (Å²) in [6, 6.07) is 8.54. The lowest BCUT2D eigenvalue weighted by Crippen LogP contribution is -2.40. The highest BCUT2D eigenvalue weighted by atomic mass is 32.1. The molecule has 0 fully saturated rings. The van der Waals surface area contributed by atoms with Gasteiger partial charge in [-0.15, -0.1) is 11.3 Å². The lowest BCUT2D eigenvalue weighted by molar-refractivity contribution is -0.140.